The SMILES string of the molecule is CC(C)(C)c1cc(NC(=O)CCBr)n[nH]1. The maximum Gasteiger partial charge on any atom is 0.226 e. The zero-order chi connectivity index (χ0) is 11.5. The number of amides is 1. The van der Waals surface area contributed by atoms with E-state index in [9.17, 15) is 4.79 Å². The van der Waals surface area contributed by atoms with Crippen LogP contribution in [0.1, 0.15) is 32.9 Å². The van der Waals surface area contributed by atoms with Crippen LogP contribution in [0, 0.1) is 0 Å². The van der Waals surface area contributed by atoms with Gasteiger partial charge < -0.3 is 5.32 Å². The molecular weight excluding hydrogens is 258 g/mol. The van der Waals surface area contributed by atoms with Crippen LogP contribution < -0.4 is 5.32 Å². The highest BCUT2D eigenvalue weighted by Gasteiger charge is 2.17. The second-order valence-corrected chi connectivity index (χ2v) is 5.20. The Morgan fingerprint density at radius 3 is 2.73 bits per heavy atom. The van der Waals surface area contributed by atoms with Crippen molar-refractivity contribution < 1.29 is 4.79 Å². The third kappa shape index (κ3) is 3.66. The van der Waals surface area contributed by atoms with E-state index < -0.39 is 0 Å². The summed E-state index contributed by atoms with van der Waals surface area (Å²) in [6, 6.07) is 1.87. The average Bonchev–Trinajstić information content (AvgIpc) is 2.52. The van der Waals surface area contributed by atoms with Gasteiger partial charge in [0.05, 0.1) is 0 Å². The molecule has 15 heavy (non-hydrogen) atoms. The van der Waals surface area contributed by atoms with Crippen LogP contribution in [0.5, 0.6) is 0 Å². The number of rotatable bonds is 3. The van der Waals surface area contributed by atoms with Crippen molar-refractivity contribution in [3.63, 3.8) is 0 Å². The van der Waals surface area contributed by atoms with Crippen LogP contribution >= 0.6 is 15.9 Å². The molecule has 4 nitrogen and oxygen atoms in total. The number of halogens is 1. The largest absolute Gasteiger partial charge is 0.309 e. The number of hydrogen-bond donors (Lipinski definition) is 2. The quantitative estimate of drug-likeness (QED) is 0.832. The fraction of sp³-hybridized carbons (Fsp3) is 0.600. The third-order valence-electron chi connectivity index (χ3n) is 1.97. The second kappa shape index (κ2) is 4.79. The Labute approximate surface area is 98.0 Å². The minimum atomic E-state index is -0.0289. The summed E-state index contributed by atoms with van der Waals surface area (Å²) in [5, 5.41) is 10.3. The van der Waals surface area contributed by atoms with Gasteiger partial charge in [-0.05, 0) is 0 Å². The predicted molar refractivity (Wildman–Crippen MR) is 64.3 cm³/mol. The number of nitrogens with one attached hydrogen (secondary N) is 2. The van der Waals surface area contributed by atoms with Gasteiger partial charge in [-0.2, -0.15) is 5.10 Å². The molecule has 0 aliphatic rings. The third-order valence-corrected chi connectivity index (χ3v) is 2.37. The highest BCUT2D eigenvalue weighted by molar-refractivity contribution is 9.09. The van der Waals surface area contributed by atoms with Gasteiger partial charge in [0, 0.05) is 28.9 Å². The van der Waals surface area contributed by atoms with E-state index in [-0.39, 0.29) is 11.3 Å². The van der Waals surface area contributed by atoms with Crippen LogP contribution in [0.15, 0.2) is 6.07 Å². The molecule has 84 valence electrons. The van der Waals surface area contributed by atoms with Gasteiger partial charge >= 0.3 is 0 Å². The monoisotopic (exact) mass is 273 g/mol. The van der Waals surface area contributed by atoms with Crippen molar-refractivity contribution in [1.29, 1.82) is 0 Å². The molecule has 1 heterocycles. The molecular formula is C10H16BrN3O. The zero-order valence-electron chi connectivity index (χ0n) is 9.22. The summed E-state index contributed by atoms with van der Waals surface area (Å²) in [7, 11) is 0. The molecule has 5 heteroatoms. The minimum Gasteiger partial charge on any atom is -0.309 e. The number of aromatic nitrogens is 2. The Kier molecular flexibility index (Phi) is 3.90. The Bertz CT molecular complexity index is 341. The van der Waals surface area contributed by atoms with Crippen molar-refractivity contribution in [3.05, 3.63) is 11.8 Å². The molecule has 0 aliphatic carbocycles. The smallest absolute Gasteiger partial charge is 0.226 e. The number of alkyl halides is 1. The predicted octanol–water partition coefficient (Wildman–Crippen LogP) is 2.43. The lowest BCUT2D eigenvalue weighted by Crippen LogP contribution is -2.12. The molecule has 1 aromatic heterocycles. The molecule has 0 bridgehead atoms. The highest BCUT2D eigenvalue weighted by Crippen LogP contribution is 2.21. The number of aromatic amines is 1. The van der Waals surface area contributed by atoms with Crippen molar-refractivity contribution in [3.8, 4) is 0 Å². The van der Waals surface area contributed by atoms with Crippen LogP contribution in [0.2, 0.25) is 0 Å². The summed E-state index contributed by atoms with van der Waals surface area (Å²) in [6.45, 7) is 6.26. The van der Waals surface area contributed by atoms with Crippen LogP contribution in [0.4, 0.5) is 5.82 Å². The normalized spacial score (nSPS) is 11.5. The van der Waals surface area contributed by atoms with E-state index in [0.717, 1.165) is 5.69 Å². The molecule has 0 aromatic carbocycles. The summed E-state index contributed by atoms with van der Waals surface area (Å²) in [4.78, 5) is 11.3. The fourth-order valence-corrected chi connectivity index (χ4v) is 1.42. The lowest BCUT2D eigenvalue weighted by molar-refractivity contribution is -0.115. The van der Waals surface area contributed by atoms with Gasteiger partial charge in [-0.15, -0.1) is 0 Å². The van der Waals surface area contributed by atoms with Gasteiger partial charge in [-0.1, -0.05) is 36.7 Å². The molecule has 0 saturated carbocycles. The maximum absolute atomic E-state index is 11.3. The van der Waals surface area contributed by atoms with Crippen molar-refractivity contribution in [2.45, 2.75) is 32.6 Å². The molecule has 2 N–H and O–H groups in total. The summed E-state index contributed by atoms with van der Waals surface area (Å²) >= 11 is 3.21. The molecule has 1 aromatic rings. The van der Waals surface area contributed by atoms with Gasteiger partial charge in [0.25, 0.3) is 0 Å². The molecule has 1 rings (SSSR count). The highest BCUT2D eigenvalue weighted by atomic mass is 79.9. The fourth-order valence-electron chi connectivity index (χ4n) is 1.06. The molecule has 0 spiro atoms. The first-order valence-electron chi connectivity index (χ1n) is 4.85. The van der Waals surface area contributed by atoms with Crippen LogP contribution in [-0.2, 0) is 10.2 Å². The van der Waals surface area contributed by atoms with Gasteiger partial charge in [0.1, 0.15) is 0 Å². The van der Waals surface area contributed by atoms with E-state index >= 15 is 0 Å². The van der Waals surface area contributed by atoms with E-state index in [2.05, 4.69) is 52.2 Å². The second-order valence-electron chi connectivity index (χ2n) is 4.40. The van der Waals surface area contributed by atoms with Crippen molar-refractivity contribution in [1.82, 2.24) is 10.2 Å². The molecule has 0 saturated heterocycles. The molecule has 0 unspecified atom stereocenters. The summed E-state index contributed by atoms with van der Waals surface area (Å²) in [5.74, 6) is 0.560. The van der Waals surface area contributed by atoms with E-state index in [4.69, 9.17) is 0 Å². The van der Waals surface area contributed by atoms with E-state index in [1.54, 1.807) is 0 Å². The summed E-state index contributed by atoms with van der Waals surface area (Å²) in [5.41, 5.74) is 1.03. The average molecular weight is 274 g/mol. The first-order valence-corrected chi connectivity index (χ1v) is 5.97. The zero-order valence-corrected chi connectivity index (χ0v) is 10.8. The number of H-pyrrole nitrogens is 1. The standard InChI is InChI=1S/C10H16BrN3O/c1-10(2,3)7-6-8(14-13-7)12-9(15)4-5-11/h6H,4-5H2,1-3H3,(H2,12,13,14,15). The maximum atomic E-state index is 11.3. The Balaban J connectivity index is 2.65. The van der Waals surface area contributed by atoms with Gasteiger partial charge in [0.15, 0.2) is 5.82 Å². The lowest BCUT2D eigenvalue weighted by atomic mass is 9.92. The van der Waals surface area contributed by atoms with Crippen LogP contribution in [0.25, 0.3) is 0 Å². The van der Waals surface area contributed by atoms with Crippen LogP contribution in [-0.4, -0.2) is 21.4 Å². The molecule has 0 aliphatic heterocycles. The summed E-state index contributed by atoms with van der Waals surface area (Å²) < 4.78 is 0. The first kappa shape index (κ1) is 12.2. The van der Waals surface area contributed by atoms with Gasteiger partial charge in [-0.25, -0.2) is 0 Å². The topological polar surface area (TPSA) is 57.8 Å². The van der Waals surface area contributed by atoms with Crippen molar-refractivity contribution >= 4 is 27.7 Å². The Morgan fingerprint density at radius 2 is 2.27 bits per heavy atom. The van der Waals surface area contributed by atoms with Gasteiger partial charge in [-0.3, -0.25) is 9.89 Å². The van der Waals surface area contributed by atoms with Crippen molar-refractivity contribution in [2.75, 3.05) is 10.6 Å². The number of hydrogen-bond acceptors (Lipinski definition) is 2. The molecule has 1 amide bonds. The molecule has 0 atom stereocenters. The van der Waals surface area contributed by atoms with Crippen LogP contribution in [0.3, 0.4) is 0 Å². The molecule has 0 radical (unpaired) electrons. The van der Waals surface area contributed by atoms with E-state index in [1.165, 1.54) is 0 Å². The number of nitrogens with zero attached hydrogens (tertiary/aromatic N) is 1. The Hall–Kier alpha value is -0.840. The van der Waals surface area contributed by atoms with Gasteiger partial charge in [0.2, 0.25) is 5.91 Å². The van der Waals surface area contributed by atoms with E-state index in [0.29, 0.717) is 17.6 Å². The number of carbonyl (C=O) groups excluding carboxylic acids is 1. The first-order chi connectivity index (χ1) is 6.93. The molecule has 0 fully saturated rings. The minimum absolute atomic E-state index is 0.0192. The number of anilines is 1. The van der Waals surface area contributed by atoms with Crippen molar-refractivity contribution in [2.24, 2.45) is 0 Å². The summed E-state index contributed by atoms with van der Waals surface area (Å²) in [6.07, 6.45) is 0.456. The van der Waals surface area contributed by atoms with E-state index in [1.807, 2.05) is 6.07 Å². The Morgan fingerprint density at radius 1 is 1.60 bits per heavy atom. The lowest BCUT2D eigenvalue weighted by Gasteiger charge is -2.14. The number of carbonyl (C=O) groups is 1.